The van der Waals surface area contributed by atoms with Crippen molar-refractivity contribution in [1.29, 1.82) is 0 Å². The standard InChI is InChI=1S/C5H5F2N2/c1-4-2-5(6)9(7)3-8-4/h2-3H,1H3/q+1. The average Bonchev–Trinajstić information content (AvgIpc) is 1.80. The zero-order valence-corrected chi connectivity index (χ0v) is 4.81. The molecule has 4 heteroatoms. The van der Waals surface area contributed by atoms with Crippen molar-refractivity contribution < 1.29 is 13.7 Å². The summed E-state index contributed by atoms with van der Waals surface area (Å²) in [5.74, 6) is -0.928. The van der Waals surface area contributed by atoms with Crippen LogP contribution in [0.2, 0.25) is 0 Å². The van der Waals surface area contributed by atoms with E-state index in [-0.39, 0.29) is 4.79 Å². The highest BCUT2D eigenvalue weighted by molar-refractivity contribution is 4.91. The normalized spacial score (nSPS) is 9.67. The second-order valence-electron chi connectivity index (χ2n) is 1.66. The summed E-state index contributed by atoms with van der Waals surface area (Å²) >= 11 is 0. The molecule has 0 aromatic carbocycles. The quantitative estimate of drug-likeness (QED) is 0.470. The van der Waals surface area contributed by atoms with Crippen molar-refractivity contribution in [3.8, 4) is 0 Å². The molecule has 48 valence electrons. The van der Waals surface area contributed by atoms with Gasteiger partial charge in [-0.15, -0.1) is 0 Å². The lowest BCUT2D eigenvalue weighted by Crippen LogP contribution is -2.27. The molecule has 1 rings (SSSR count). The van der Waals surface area contributed by atoms with Crippen molar-refractivity contribution in [1.82, 2.24) is 4.98 Å². The van der Waals surface area contributed by atoms with Gasteiger partial charge in [0.05, 0.1) is 6.07 Å². The highest BCUT2D eigenvalue weighted by Gasteiger charge is 2.06. The van der Waals surface area contributed by atoms with Crippen LogP contribution < -0.4 is 4.79 Å². The molecular formula is C5H5F2N2+. The Kier molecular flexibility index (Phi) is 1.38. The van der Waals surface area contributed by atoms with Crippen LogP contribution >= 0.6 is 0 Å². The maximum atomic E-state index is 12.1. The molecule has 0 aliphatic heterocycles. The Hall–Kier alpha value is -1.06. The highest BCUT2D eigenvalue weighted by Crippen LogP contribution is 1.90. The molecule has 9 heavy (non-hydrogen) atoms. The van der Waals surface area contributed by atoms with Gasteiger partial charge in [-0.1, -0.05) is 4.98 Å². The van der Waals surface area contributed by atoms with Gasteiger partial charge in [0.15, 0.2) is 5.69 Å². The maximum absolute atomic E-state index is 12.1. The molecular weight excluding hydrogens is 126 g/mol. The SMILES string of the molecule is Cc1cc(F)[n+](F)cn1. The molecule has 0 saturated carbocycles. The fourth-order valence-corrected chi connectivity index (χ4v) is 0.468. The number of aromatic nitrogens is 2. The summed E-state index contributed by atoms with van der Waals surface area (Å²) in [7, 11) is 0. The zero-order chi connectivity index (χ0) is 6.85. The minimum Gasteiger partial charge on any atom is -0.156 e. The van der Waals surface area contributed by atoms with E-state index in [1.165, 1.54) is 0 Å². The van der Waals surface area contributed by atoms with Crippen LogP contribution in [0.5, 0.6) is 0 Å². The molecule has 1 aromatic heterocycles. The lowest BCUT2D eigenvalue weighted by molar-refractivity contribution is -0.867. The Morgan fingerprint density at radius 3 is 2.78 bits per heavy atom. The number of nitrogens with zero attached hydrogens (tertiary/aromatic N) is 2. The van der Waals surface area contributed by atoms with Crippen molar-refractivity contribution in [2.75, 3.05) is 0 Å². The summed E-state index contributed by atoms with van der Waals surface area (Å²) in [5, 5.41) is 0. The first-order valence-corrected chi connectivity index (χ1v) is 2.40. The predicted molar refractivity (Wildman–Crippen MR) is 25.6 cm³/mol. The van der Waals surface area contributed by atoms with Crippen molar-refractivity contribution in [3.63, 3.8) is 0 Å². The van der Waals surface area contributed by atoms with E-state index in [0.717, 1.165) is 12.4 Å². The van der Waals surface area contributed by atoms with Crippen LogP contribution in [0.3, 0.4) is 0 Å². The highest BCUT2D eigenvalue weighted by atomic mass is 19.2. The summed E-state index contributed by atoms with van der Waals surface area (Å²) in [6.07, 6.45) is 0.782. The Bertz CT molecular complexity index is 224. The molecule has 1 aromatic rings. The predicted octanol–water partition coefficient (Wildman–Crippen LogP) is 0.549. The van der Waals surface area contributed by atoms with Gasteiger partial charge in [-0.25, -0.2) is 0 Å². The van der Waals surface area contributed by atoms with Crippen molar-refractivity contribution in [3.05, 3.63) is 24.0 Å². The Balaban J connectivity index is 3.17. The zero-order valence-electron chi connectivity index (χ0n) is 4.81. The number of hydrogen-bond acceptors (Lipinski definition) is 1. The van der Waals surface area contributed by atoms with Gasteiger partial charge in [0.2, 0.25) is 0 Å². The third kappa shape index (κ3) is 1.19. The van der Waals surface area contributed by atoms with E-state index >= 15 is 0 Å². The summed E-state index contributed by atoms with van der Waals surface area (Å²) in [5.41, 5.74) is 0.460. The molecule has 0 aliphatic rings. The summed E-state index contributed by atoms with van der Waals surface area (Å²) in [4.78, 5) is 3.31. The molecule has 0 spiro atoms. The van der Waals surface area contributed by atoms with E-state index in [2.05, 4.69) is 4.98 Å². The van der Waals surface area contributed by atoms with Gasteiger partial charge in [-0.05, 0) is 4.79 Å². The molecule has 0 bridgehead atoms. The monoisotopic (exact) mass is 131 g/mol. The smallest absolute Gasteiger partial charge is 0.156 e. The van der Waals surface area contributed by atoms with Crippen LogP contribution in [0.15, 0.2) is 12.4 Å². The third-order valence-electron chi connectivity index (χ3n) is 0.895. The van der Waals surface area contributed by atoms with E-state index in [9.17, 15) is 8.87 Å². The van der Waals surface area contributed by atoms with Gasteiger partial charge in [0.25, 0.3) is 0 Å². The van der Waals surface area contributed by atoms with Gasteiger partial charge >= 0.3 is 12.3 Å². The molecule has 0 atom stereocenters. The van der Waals surface area contributed by atoms with Crippen molar-refractivity contribution in [2.24, 2.45) is 0 Å². The van der Waals surface area contributed by atoms with Gasteiger partial charge < -0.3 is 0 Å². The number of halogens is 2. The van der Waals surface area contributed by atoms with Gasteiger partial charge in [0, 0.05) is 11.4 Å². The van der Waals surface area contributed by atoms with Gasteiger partial charge in [-0.3, -0.25) is 0 Å². The third-order valence-corrected chi connectivity index (χ3v) is 0.895. The van der Waals surface area contributed by atoms with Crippen LogP contribution in [-0.2, 0) is 0 Å². The lowest BCUT2D eigenvalue weighted by Gasteiger charge is -1.82. The van der Waals surface area contributed by atoms with Crippen LogP contribution in [0.4, 0.5) is 8.87 Å². The summed E-state index contributed by atoms with van der Waals surface area (Å²) in [6.45, 7) is 1.59. The Morgan fingerprint density at radius 1 is 1.67 bits per heavy atom. The molecule has 0 saturated heterocycles. The van der Waals surface area contributed by atoms with Gasteiger partial charge in [-0.2, -0.15) is 4.39 Å². The maximum Gasteiger partial charge on any atom is 0.325 e. The van der Waals surface area contributed by atoms with E-state index in [4.69, 9.17) is 0 Å². The molecule has 0 fully saturated rings. The van der Waals surface area contributed by atoms with E-state index in [1.807, 2.05) is 0 Å². The number of aryl methyl sites for hydroxylation is 1. The van der Waals surface area contributed by atoms with E-state index in [1.54, 1.807) is 6.92 Å². The van der Waals surface area contributed by atoms with Crippen molar-refractivity contribution in [2.45, 2.75) is 6.92 Å². The first-order chi connectivity index (χ1) is 4.20. The largest absolute Gasteiger partial charge is 0.325 e. The number of hydrogen-bond donors (Lipinski definition) is 0. The Morgan fingerprint density at radius 2 is 2.33 bits per heavy atom. The lowest BCUT2D eigenvalue weighted by atomic mass is 10.5. The molecule has 0 radical (unpaired) electrons. The molecule has 0 aliphatic carbocycles. The molecule has 0 amide bonds. The molecule has 1 heterocycles. The summed E-state index contributed by atoms with van der Waals surface area (Å²) < 4.78 is 24.1. The van der Waals surface area contributed by atoms with E-state index in [0.29, 0.717) is 5.69 Å². The number of rotatable bonds is 0. The molecule has 0 N–H and O–H groups in total. The van der Waals surface area contributed by atoms with Crippen molar-refractivity contribution >= 4 is 0 Å². The van der Waals surface area contributed by atoms with Crippen LogP contribution in [0.25, 0.3) is 0 Å². The second-order valence-corrected chi connectivity index (χ2v) is 1.66. The minimum absolute atomic E-state index is 0.174. The van der Waals surface area contributed by atoms with Gasteiger partial charge in [0.1, 0.15) is 0 Å². The van der Waals surface area contributed by atoms with E-state index < -0.39 is 5.95 Å². The van der Waals surface area contributed by atoms with Crippen LogP contribution in [-0.4, -0.2) is 4.98 Å². The van der Waals surface area contributed by atoms with Crippen LogP contribution in [0.1, 0.15) is 5.69 Å². The second kappa shape index (κ2) is 2.05. The fraction of sp³-hybridized carbons (Fsp3) is 0.200. The topological polar surface area (TPSA) is 16.8 Å². The summed E-state index contributed by atoms with van der Waals surface area (Å²) in [6, 6.07) is 1.01. The molecule has 0 unspecified atom stereocenters. The fourth-order valence-electron chi connectivity index (χ4n) is 0.468. The average molecular weight is 131 g/mol. The van der Waals surface area contributed by atoms with Crippen LogP contribution in [0, 0.1) is 12.9 Å². The molecule has 2 nitrogen and oxygen atoms in total. The minimum atomic E-state index is -0.928. The first kappa shape index (κ1) is 6.07. The first-order valence-electron chi connectivity index (χ1n) is 2.40. The Labute approximate surface area is 50.7 Å².